The average molecular weight is 324 g/mol. The smallest absolute Gasteiger partial charge is 0.203 e. The normalized spacial score (nSPS) is 10.5. The van der Waals surface area contributed by atoms with Crippen molar-refractivity contribution in [2.45, 2.75) is 6.92 Å². The van der Waals surface area contributed by atoms with E-state index < -0.39 is 0 Å². The third kappa shape index (κ3) is 3.27. The molecule has 0 unspecified atom stereocenters. The minimum Gasteiger partial charge on any atom is -0.508 e. The van der Waals surface area contributed by atoms with Crippen molar-refractivity contribution in [3.05, 3.63) is 70.4 Å². The zero-order valence-electron chi connectivity index (χ0n) is 12.7. The standard InChI is InChI=1S/C19H16O3S/c1-2-22-16-8-4-5-13(12-16)17-9-10-23-19(17)18(21)14-6-3-7-15(20)11-14/h3-12,20H,2H2,1H3. The highest BCUT2D eigenvalue weighted by molar-refractivity contribution is 7.12. The summed E-state index contributed by atoms with van der Waals surface area (Å²) in [5, 5.41) is 11.5. The molecule has 0 aliphatic rings. The van der Waals surface area contributed by atoms with Crippen LogP contribution in [0.2, 0.25) is 0 Å². The van der Waals surface area contributed by atoms with Gasteiger partial charge in [0.15, 0.2) is 0 Å². The van der Waals surface area contributed by atoms with Gasteiger partial charge in [-0.1, -0.05) is 24.3 Å². The molecule has 4 heteroatoms. The molecule has 3 rings (SSSR count). The van der Waals surface area contributed by atoms with Crippen LogP contribution in [0.4, 0.5) is 0 Å². The third-order valence-electron chi connectivity index (χ3n) is 3.44. The molecule has 23 heavy (non-hydrogen) atoms. The second-order valence-electron chi connectivity index (χ2n) is 5.00. The Morgan fingerprint density at radius 2 is 1.96 bits per heavy atom. The van der Waals surface area contributed by atoms with Gasteiger partial charge < -0.3 is 9.84 Å². The van der Waals surface area contributed by atoms with Crippen LogP contribution in [-0.4, -0.2) is 17.5 Å². The molecule has 1 heterocycles. The van der Waals surface area contributed by atoms with Gasteiger partial charge in [0.1, 0.15) is 11.5 Å². The molecular weight excluding hydrogens is 308 g/mol. The summed E-state index contributed by atoms with van der Waals surface area (Å²) in [5.74, 6) is 0.784. The largest absolute Gasteiger partial charge is 0.508 e. The van der Waals surface area contributed by atoms with E-state index in [4.69, 9.17) is 4.74 Å². The summed E-state index contributed by atoms with van der Waals surface area (Å²) in [5.41, 5.74) is 2.31. The molecule has 0 aliphatic heterocycles. The molecule has 0 amide bonds. The number of ketones is 1. The second kappa shape index (κ2) is 6.67. The number of aromatic hydroxyl groups is 1. The molecule has 0 saturated carbocycles. The Morgan fingerprint density at radius 1 is 1.13 bits per heavy atom. The molecule has 0 spiro atoms. The van der Waals surface area contributed by atoms with Crippen molar-refractivity contribution in [1.29, 1.82) is 0 Å². The summed E-state index contributed by atoms with van der Waals surface area (Å²) < 4.78 is 5.53. The van der Waals surface area contributed by atoms with Crippen LogP contribution in [0.5, 0.6) is 11.5 Å². The van der Waals surface area contributed by atoms with E-state index in [2.05, 4.69) is 0 Å². The lowest BCUT2D eigenvalue weighted by Crippen LogP contribution is -2.00. The van der Waals surface area contributed by atoms with E-state index >= 15 is 0 Å². The number of carbonyl (C=O) groups is 1. The van der Waals surface area contributed by atoms with E-state index in [9.17, 15) is 9.90 Å². The van der Waals surface area contributed by atoms with Gasteiger partial charge in [-0.25, -0.2) is 0 Å². The fraction of sp³-hybridized carbons (Fsp3) is 0.105. The monoisotopic (exact) mass is 324 g/mol. The highest BCUT2D eigenvalue weighted by atomic mass is 32.1. The molecule has 3 aromatic rings. The summed E-state index contributed by atoms with van der Waals surface area (Å²) >= 11 is 1.40. The molecule has 0 saturated heterocycles. The molecule has 116 valence electrons. The Kier molecular flexibility index (Phi) is 4.44. The van der Waals surface area contributed by atoms with Gasteiger partial charge in [-0.2, -0.15) is 0 Å². The Hall–Kier alpha value is -2.59. The highest BCUT2D eigenvalue weighted by Gasteiger charge is 2.17. The SMILES string of the molecule is CCOc1cccc(-c2ccsc2C(=O)c2cccc(O)c2)c1. The summed E-state index contributed by atoms with van der Waals surface area (Å²) in [4.78, 5) is 13.4. The van der Waals surface area contributed by atoms with Crippen LogP contribution in [0, 0.1) is 0 Å². The fourth-order valence-electron chi connectivity index (χ4n) is 2.41. The number of benzene rings is 2. The third-order valence-corrected chi connectivity index (χ3v) is 4.35. The minimum atomic E-state index is -0.0901. The summed E-state index contributed by atoms with van der Waals surface area (Å²) in [6, 6.07) is 16.1. The van der Waals surface area contributed by atoms with Gasteiger partial charge in [-0.15, -0.1) is 11.3 Å². The van der Waals surface area contributed by atoms with Crippen molar-refractivity contribution in [2.75, 3.05) is 6.61 Å². The van der Waals surface area contributed by atoms with E-state index in [1.165, 1.54) is 17.4 Å². The number of carbonyl (C=O) groups excluding carboxylic acids is 1. The van der Waals surface area contributed by atoms with Crippen LogP contribution in [0.1, 0.15) is 22.2 Å². The van der Waals surface area contributed by atoms with E-state index in [0.29, 0.717) is 17.0 Å². The molecule has 1 aromatic heterocycles. The molecule has 0 fully saturated rings. The number of thiophene rings is 1. The summed E-state index contributed by atoms with van der Waals surface area (Å²) in [6.45, 7) is 2.54. The number of phenols is 1. The first-order chi connectivity index (χ1) is 11.2. The lowest BCUT2D eigenvalue weighted by Gasteiger charge is -2.07. The first-order valence-corrected chi connectivity index (χ1v) is 8.21. The van der Waals surface area contributed by atoms with Crippen molar-refractivity contribution < 1.29 is 14.6 Å². The maximum absolute atomic E-state index is 12.7. The quantitative estimate of drug-likeness (QED) is 0.689. The Bertz CT molecular complexity index is 836. The van der Waals surface area contributed by atoms with Crippen molar-refractivity contribution in [1.82, 2.24) is 0 Å². The Balaban J connectivity index is 1.99. The van der Waals surface area contributed by atoms with Crippen LogP contribution in [0.15, 0.2) is 60.0 Å². The van der Waals surface area contributed by atoms with Crippen LogP contribution >= 0.6 is 11.3 Å². The van der Waals surface area contributed by atoms with Crippen molar-refractivity contribution in [2.24, 2.45) is 0 Å². The van der Waals surface area contributed by atoms with Gasteiger partial charge in [-0.3, -0.25) is 4.79 Å². The van der Waals surface area contributed by atoms with Crippen LogP contribution in [0.3, 0.4) is 0 Å². The predicted octanol–water partition coefficient (Wildman–Crippen LogP) is 4.75. The van der Waals surface area contributed by atoms with Crippen molar-refractivity contribution in [3.63, 3.8) is 0 Å². The molecule has 0 atom stereocenters. The Labute approximate surface area is 138 Å². The minimum absolute atomic E-state index is 0.0901. The fourth-order valence-corrected chi connectivity index (χ4v) is 3.29. The topological polar surface area (TPSA) is 46.5 Å². The lowest BCUT2D eigenvalue weighted by molar-refractivity contribution is 0.104. The number of ether oxygens (including phenoxy) is 1. The van der Waals surface area contributed by atoms with Crippen LogP contribution in [-0.2, 0) is 0 Å². The Morgan fingerprint density at radius 3 is 2.74 bits per heavy atom. The van der Waals surface area contributed by atoms with Crippen LogP contribution < -0.4 is 4.74 Å². The molecule has 3 nitrogen and oxygen atoms in total. The predicted molar refractivity (Wildman–Crippen MR) is 92.5 cm³/mol. The molecular formula is C19H16O3S. The number of hydrogen-bond acceptors (Lipinski definition) is 4. The first-order valence-electron chi connectivity index (χ1n) is 7.33. The van der Waals surface area contributed by atoms with E-state index in [1.807, 2.05) is 42.6 Å². The molecule has 2 aromatic carbocycles. The molecule has 0 aliphatic carbocycles. The number of hydrogen-bond donors (Lipinski definition) is 1. The molecule has 0 bridgehead atoms. The average Bonchev–Trinajstić information content (AvgIpc) is 3.04. The zero-order valence-corrected chi connectivity index (χ0v) is 13.5. The van der Waals surface area contributed by atoms with E-state index in [1.54, 1.807) is 18.2 Å². The van der Waals surface area contributed by atoms with Crippen LogP contribution in [0.25, 0.3) is 11.1 Å². The van der Waals surface area contributed by atoms with Gasteiger partial charge >= 0.3 is 0 Å². The lowest BCUT2D eigenvalue weighted by atomic mass is 10.0. The highest BCUT2D eigenvalue weighted by Crippen LogP contribution is 2.32. The van der Waals surface area contributed by atoms with Gasteiger partial charge in [0.25, 0.3) is 0 Å². The summed E-state index contributed by atoms with van der Waals surface area (Å²) in [7, 11) is 0. The van der Waals surface area contributed by atoms with Gasteiger partial charge in [0.2, 0.25) is 5.78 Å². The van der Waals surface area contributed by atoms with E-state index in [0.717, 1.165) is 16.9 Å². The number of rotatable bonds is 5. The maximum atomic E-state index is 12.7. The maximum Gasteiger partial charge on any atom is 0.203 e. The van der Waals surface area contributed by atoms with Gasteiger partial charge in [0.05, 0.1) is 11.5 Å². The molecule has 1 N–H and O–H groups in total. The molecule has 0 radical (unpaired) electrons. The first kappa shape index (κ1) is 15.3. The van der Waals surface area contributed by atoms with E-state index in [-0.39, 0.29) is 11.5 Å². The van der Waals surface area contributed by atoms with Gasteiger partial charge in [0, 0.05) is 11.1 Å². The zero-order chi connectivity index (χ0) is 16.2. The van der Waals surface area contributed by atoms with Crippen molar-refractivity contribution >= 4 is 17.1 Å². The van der Waals surface area contributed by atoms with Gasteiger partial charge in [-0.05, 0) is 48.2 Å². The summed E-state index contributed by atoms with van der Waals surface area (Å²) in [6.07, 6.45) is 0. The van der Waals surface area contributed by atoms with Crippen molar-refractivity contribution in [3.8, 4) is 22.6 Å². The number of phenolic OH excluding ortho intramolecular Hbond substituents is 1. The second-order valence-corrected chi connectivity index (χ2v) is 5.92.